The molecule has 0 saturated carbocycles. The van der Waals surface area contributed by atoms with Gasteiger partial charge in [-0.25, -0.2) is 0 Å². The van der Waals surface area contributed by atoms with E-state index in [0.717, 1.165) is 5.57 Å². The monoisotopic (exact) mass is 151 g/mol. The van der Waals surface area contributed by atoms with E-state index in [0.29, 0.717) is 5.71 Å². The average molecular weight is 151 g/mol. The standard InChI is InChI=1S/C8H9NO2/c1-6-5-7(10)3-4-8(6)9-11-2/h3-5H,1-2H3/b9-8+. The molecule has 3 heteroatoms. The minimum Gasteiger partial charge on any atom is -0.399 e. The van der Waals surface area contributed by atoms with Gasteiger partial charge in [-0.2, -0.15) is 0 Å². The highest BCUT2D eigenvalue weighted by Gasteiger charge is 2.06. The summed E-state index contributed by atoms with van der Waals surface area (Å²) < 4.78 is 0. The molecule has 0 saturated heterocycles. The van der Waals surface area contributed by atoms with Crippen molar-refractivity contribution in [2.75, 3.05) is 7.11 Å². The van der Waals surface area contributed by atoms with Crippen LogP contribution in [0.25, 0.3) is 0 Å². The molecule has 11 heavy (non-hydrogen) atoms. The highest BCUT2D eigenvalue weighted by molar-refractivity contribution is 6.19. The predicted molar refractivity (Wildman–Crippen MR) is 42.3 cm³/mol. The second-order valence-corrected chi connectivity index (χ2v) is 2.22. The van der Waals surface area contributed by atoms with Crippen molar-refractivity contribution in [2.45, 2.75) is 6.92 Å². The zero-order chi connectivity index (χ0) is 8.27. The van der Waals surface area contributed by atoms with E-state index in [1.807, 2.05) is 6.92 Å². The van der Waals surface area contributed by atoms with Crippen LogP contribution in [0.4, 0.5) is 0 Å². The van der Waals surface area contributed by atoms with Gasteiger partial charge in [-0.05, 0) is 30.7 Å². The van der Waals surface area contributed by atoms with Crippen LogP contribution in [-0.4, -0.2) is 18.6 Å². The first-order valence-corrected chi connectivity index (χ1v) is 3.26. The zero-order valence-corrected chi connectivity index (χ0v) is 6.50. The summed E-state index contributed by atoms with van der Waals surface area (Å²) in [5.74, 6) is -0.00227. The Morgan fingerprint density at radius 1 is 1.45 bits per heavy atom. The number of hydrogen-bond acceptors (Lipinski definition) is 3. The zero-order valence-electron chi connectivity index (χ0n) is 6.50. The number of oxime groups is 1. The molecular formula is C8H9NO2. The maximum atomic E-state index is 10.8. The van der Waals surface area contributed by atoms with E-state index in [1.54, 1.807) is 6.08 Å². The number of rotatable bonds is 1. The van der Waals surface area contributed by atoms with Crippen LogP contribution >= 0.6 is 0 Å². The Kier molecular flexibility index (Phi) is 2.21. The smallest absolute Gasteiger partial charge is 0.179 e. The summed E-state index contributed by atoms with van der Waals surface area (Å²) in [5.41, 5.74) is 1.53. The van der Waals surface area contributed by atoms with Crippen molar-refractivity contribution in [3.05, 3.63) is 23.8 Å². The first-order chi connectivity index (χ1) is 5.24. The fourth-order valence-electron chi connectivity index (χ4n) is 0.829. The van der Waals surface area contributed by atoms with Gasteiger partial charge in [0.25, 0.3) is 0 Å². The molecule has 1 aliphatic rings. The lowest BCUT2D eigenvalue weighted by molar-refractivity contribution is -0.110. The molecule has 0 aromatic heterocycles. The van der Waals surface area contributed by atoms with Gasteiger partial charge in [0.2, 0.25) is 0 Å². The van der Waals surface area contributed by atoms with Crippen LogP contribution in [-0.2, 0) is 9.63 Å². The Labute approximate surface area is 65.0 Å². The van der Waals surface area contributed by atoms with Gasteiger partial charge in [-0.3, -0.25) is 4.79 Å². The minimum atomic E-state index is -0.00227. The van der Waals surface area contributed by atoms with Gasteiger partial charge in [0, 0.05) is 0 Å². The van der Waals surface area contributed by atoms with Crippen LogP contribution in [0.15, 0.2) is 29.0 Å². The average Bonchev–Trinajstić information content (AvgIpc) is 1.95. The molecular weight excluding hydrogens is 142 g/mol. The topological polar surface area (TPSA) is 38.7 Å². The third kappa shape index (κ3) is 1.77. The third-order valence-corrected chi connectivity index (χ3v) is 1.36. The van der Waals surface area contributed by atoms with E-state index >= 15 is 0 Å². The normalized spacial score (nSPS) is 20.4. The molecule has 0 N–H and O–H groups in total. The third-order valence-electron chi connectivity index (χ3n) is 1.36. The molecule has 1 rings (SSSR count). The van der Waals surface area contributed by atoms with Crippen LogP contribution < -0.4 is 0 Å². The molecule has 0 fully saturated rings. The molecule has 0 bridgehead atoms. The maximum absolute atomic E-state index is 10.8. The Bertz CT molecular complexity index is 261. The van der Waals surface area contributed by atoms with Crippen LogP contribution in [0.2, 0.25) is 0 Å². The summed E-state index contributed by atoms with van der Waals surface area (Å²) in [6, 6.07) is 0. The molecule has 58 valence electrons. The molecule has 0 heterocycles. The van der Waals surface area contributed by atoms with Crippen molar-refractivity contribution in [3.63, 3.8) is 0 Å². The van der Waals surface area contributed by atoms with E-state index in [4.69, 9.17) is 0 Å². The minimum absolute atomic E-state index is 0.00227. The summed E-state index contributed by atoms with van der Waals surface area (Å²) in [5, 5.41) is 3.71. The number of carbonyl (C=O) groups is 1. The molecule has 0 radical (unpaired) electrons. The molecule has 1 aliphatic carbocycles. The van der Waals surface area contributed by atoms with Gasteiger partial charge < -0.3 is 4.84 Å². The van der Waals surface area contributed by atoms with E-state index in [1.165, 1.54) is 19.3 Å². The highest BCUT2D eigenvalue weighted by atomic mass is 16.6. The first-order valence-electron chi connectivity index (χ1n) is 3.26. The van der Waals surface area contributed by atoms with E-state index in [9.17, 15) is 4.79 Å². The largest absolute Gasteiger partial charge is 0.399 e. The number of ketones is 1. The Hall–Kier alpha value is -1.38. The predicted octanol–water partition coefficient (Wildman–Crippen LogP) is 1.07. The lowest BCUT2D eigenvalue weighted by Gasteiger charge is -2.03. The van der Waals surface area contributed by atoms with E-state index in [2.05, 4.69) is 9.99 Å². The maximum Gasteiger partial charge on any atom is 0.179 e. The van der Waals surface area contributed by atoms with E-state index in [-0.39, 0.29) is 5.78 Å². The van der Waals surface area contributed by atoms with Gasteiger partial charge in [0.05, 0.1) is 0 Å². The number of nitrogens with zero attached hydrogens (tertiary/aromatic N) is 1. The lowest BCUT2D eigenvalue weighted by atomic mass is 10.1. The SMILES string of the molecule is CO/N=C1\C=CC(=O)C=C1C. The number of hydrogen-bond donors (Lipinski definition) is 0. The second kappa shape index (κ2) is 3.14. The molecule has 0 aromatic carbocycles. The van der Waals surface area contributed by atoms with Crippen LogP contribution in [0.1, 0.15) is 6.92 Å². The molecule has 0 aliphatic heterocycles. The molecule has 0 amide bonds. The van der Waals surface area contributed by atoms with E-state index < -0.39 is 0 Å². The van der Waals surface area contributed by atoms with Gasteiger partial charge in [-0.1, -0.05) is 5.16 Å². The van der Waals surface area contributed by atoms with Crippen molar-refractivity contribution >= 4 is 11.5 Å². The fourth-order valence-corrected chi connectivity index (χ4v) is 0.829. The summed E-state index contributed by atoms with van der Waals surface area (Å²) in [7, 11) is 1.48. The van der Waals surface area contributed by atoms with Gasteiger partial charge >= 0.3 is 0 Å². The fraction of sp³-hybridized carbons (Fsp3) is 0.250. The van der Waals surface area contributed by atoms with Gasteiger partial charge in [0.1, 0.15) is 12.8 Å². The summed E-state index contributed by atoms with van der Waals surface area (Å²) >= 11 is 0. The molecule has 0 spiro atoms. The highest BCUT2D eigenvalue weighted by Crippen LogP contribution is 2.05. The van der Waals surface area contributed by atoms with Crippen LogP contribution in [0.5, 0.6) is 0 Å². The molecule has 0 aromatic rings. The van der Waals surface area contributed by atoms with Crippen molar-refractivity contribution in [1.29, 1.82) is 0 Å². The molecule has 0 atom stereocenters. The van der Waals surface area contributed by atoms with Crippen LogP contribution in [0.3, 0.4) is 0 Å². The molecule has 0 unspecified atom stereocenters. The summed E-state index contributed by atoms with van der Waals surface area (Å²) in [4.78, 5) is 15.3. The first kappa shape index (κ1) is 7.72. The Morgan fingerprint density at radius 3 is 2.73 bits per heavy atom. The van der Waals surface area contributed by atoms with Gasteiger partial charge in [0.15, 0.2) is 5.78 Å². The van der Waals surface area contributed by atoms with Crippen molar-refractivity contribution < 1.29 is 9.63 Å². The van der Waals surface area contributed by atoms with Crippen molar-refractivity contribution in [2.24, 2.45) is 5.16 Å². The number of allylic oxidation sites excluding steroid dienone is 4. The summed E-state index contributed by atoms with van der Waals surface area (Å²) in [6.07, 6.45) is 4.63. The number of carbonyl (C=O) groups excluding carboxylic acids is 1. The van der Waals surface area contributed by atoms with Crippen molar-refractivity contribution in [3.8, 4) is 0 Å². The van der Waals surface area contributed by atoms with Crippen molar-refractivity contribution in [1.82, 2.24) is 0 Å². The quantitative estimate of drug-likeness (QED) is 0.415. The second-order valence-electron chi connectivity index (χ2n) is 2.22. The Morgan fingerprint density at radius 2 is 2.18 bits per heavy atom. The van der Waals surface area contributed by atoms with Gasteiger partial charge in [-0.15, -0.1) is 0 Å². The molecule has 3 nitrogen and oxygen atoms in total. The Balaban J connectivity index is 2.88. The summed E-state index contributed by atoms with van der Waals surface area (Å²) in [6.45, 7) is 1.82. The van der Waals surface area contributed by atoms with Crippen LogP contribution in [0, 0.1) is 0 Å². The lowest BCUT2D eigenvalue weighted by Crippen LogP contribution is -2.05.